The molecule has 0 radical (unpaired) electrons. The average Bonchev–Trinajstić information content (AvgIpc) is 2.41. The van der Waals surface area contributed by atoms with Crippen molar-refractivity contribution in [2.24, 2.45) is 10.7 Å². The Labute approximate surface area is 148 Å². The third-order valence-electron chi connectivity index (χ3n) is 2.45. The molecule has 1 aromatic carbocycles. The molecule has 0 atom stereocenters. The van der Waals surface area contributed by atoms with E-state index in [9.17, 15) is 8.42 Å². The van der Waals surface area contributed by atoms with Gasteiger partial charge in [-0.1, -0.05) is 12.2 Å². The molecule has 1 rings (SSSR count). The number of halogens is 1. The van der Waals surface area contributed by atoms with Crippen molar-refractivity contribution in [3.8, 4) is 5.75 Å². The second kappa shape index (κ2) is 9.67. The highest BCUT2D eigenvalue weighted by Crippen LogP contribution is 2.15. The summed E-state index contributed by atoms with van der Waals surface area (Å²) < 4.78 is 28.1. The molecule has 0 amide bonds. The van der Waals surface area contributed by atoms with Gasteiger partial charge in [0.2, 0.25) is 0 Å². The summed E-state index contributed by atoms with van der Waals surface area (Å²) in [7, 11) is -3.18. The van der Waals surface area contributed by atoms with Crippen molar-refractivity contribution in [1.82, 2.24) is 5.32 Å². The number of benzene rings is 1. The summed E-state index contributed by atoms with van der Waals surface area (Å²) in [4.78, 5) is 4.34. The number of rotatable bonds is 7. The molecule has 0 heterocycles. The minimum atomic E-state index is -3.18. The van der Waals surface area contributed by atoms with Crippen molar-refractivity contribution in [3.63, 3.8) is 0 Å². The summed E-state index contributed by atoms with van der Waals surface area (Å²) in [5, 5.41) is 2.91. The fourth-order valence-corrected chi connectivity index (χ4v) is 2.04. The van der Waals surface area contributed by atoms with Gasteiger partial charge < -0.3 is 15.8 Å². The lowest BCUT2D eigenvalue weighted by Gasteiger charge is -2.08. The molecule has 124 valence electrons. The van der Waals surface area contributed by atoms with Crippen LogP contribution in [0.3, 0.4) is 0 Å². The first-order valence-corrected chi connectivity index (χ1v) is 8.29. The Balaban J connectivity index is 0.00000441. The number of nitrogens with two attached hydrogens (primary N) is 1. The number of guanidine groups is 1. The molecule has 0 fully saturated rings. The Bertz CT molecular complexity index is 613. The van der Waals surface area contributed by atoms with E-state index in [4.69, 9.17) is 10.5 Å². The fraction of sp³-hybridized carbons (Fsp3) is 0.357. The van der Waals surface area contributed by atoms with Crippen LogP contribution in [0.1, 0.15) is 6.92 Å². The van der Waals surface area contributed by atoms with Crippen molar-refractivity contribution >= 4 is 39.8 Å². The Morgan fingerprint density at radius 2 is 1.95 bits per heavy atom. The van der Waals surface area contributed by atoms with Crippen LogP contribution in [0.4, 0.5) is 0 Å². The van der Waals surface area contributed by atoms with Crippen LogP contribution in [0.15, 0.2) is 46.3 Å². The normalized spacial score (nSPS) is 11.5. The summed E-state index contributed by atoms with van der Waals surface area (Å²) in [6.45, 7) is 6.99. The lowest BCUT2D eigenvalue weighted by Crippen LogP contribution is -2.34. The molecule has 0 bridgehead atoms. The Morgan fingerprint density at radius 1 is 1.36 bits per heavy atom. The van der Waals surface area contributed by atoms with Crippen molar-refractivity contribution in [3.05, 3.63) is 36.4 Å². The van der Waals surface area contributed by atoms with Crippen LogP contribution >= 0.6 is 24.0 Å². The standard InChI is InChI=1S/C14H21N3O3S.HI/c1-11(2)10-17-14(15)16-8-9-20-12-4-6-13(7-5-12)21(3,18)19;/h4-7H,1,8-10H2,2-3H3,(H3,15,16,17);1H. The van der Waals surface area contributed by atoms with E-state index >= 15 is 0 Å². The van der Waals surface area contributed by atoms with Crippen LogP contribution in [0.2, 0.25) is 0 Å². The SMILES string of the molecule is C=C(C)CN=C(N)NCCOc1ccc(S(C)(=O)=O)cc1.I. The van der Waals surface area contributed by atoms with Crippen LogP contribution in [0.25, 0.3) is 0 Å². The zero-order valence-corrected chi connectivity index (χ0v) is 15.9. The van der Waals surface area contributed by atoms with Gasteiger partial charge >= 0.3 is 0 Å². The van der Waals surface area contributed by atoms with Gasteiger partial charge in [0.15, 0.2) is 15.8 Å². The van der Waals surface area contributed by atoms with E-state index in [1.54, 1.807) is 12.1 Å². The largest absolute Gasteiger partial charge is 0.492 e. The van der Waals surface area contributed by atoms with Gasteiger partial charge in [0, 0.05) is 6.26 Å². The first kappa shape index (κ1) is 20.7. The quantitative estimate of drug-likeness (QED) is 0.221. The number of hydrogen-bond donors (Lipinski definition) is 2. The fourth-order valence-electron chi connectivity index (χ4n) is 1.41. The highest BCUT2D eigenvalue weighted by Gasteiger charge is 2.06. The summed E-state index contributed by atoms with van der Waals surface area (Å²) in [5.74, 6) is 0.940. The predicted molar refractivity (Wildman–Crippen MR) is 99.8 cm³/mol. The van der Waals surface area contributed by atoms with Crippen LogP contribution in [0, 0.1) is 0 Å². The van der Waals surface area contributed by atoms with E-state index in [0.29, 0.717) is 31.4 Å². The Kier molecular flexibility index (Phi) is 9.10. The molecule has 0 unspecified atom stereocenters. The van der Waals surface area contributed by atoms with E-state index in [2.05, 4.69) is 16.9 Å². The van der Waals surface area contributed by atoms with Gasteiger partial charge in [0.05, 0.1) is 18.0 Å². The van der Waals surface area contributed by atoms with Crippen molar-refractivity contribution in [2.45, 2.75) is 11.8 Å². The predicted octanol–water partition coefficient (Wildman–Crippen LogP) is 1.57. The van der Waals surface area contributed by atoms with E-state index in [1.807, 2.05) is 6.92 Å². The van der Waals surface area contributed by atoms with Crippen LogP contribution in [0.5, 0.6) is 5.75 Å². The smallest absolute Gasteiger partial charge is 0.189 e. The number of nitrogens with zero attached hydrogens (tertiary/aromatic N) is 1. The minimum Gasteiger partial charge on any atom is -0.492 e. The number of sulfone groups is 1. The molecule has 8 heteroatoms. The number of aliphatic imine (C=N–C) groups is 1. The van der Waals surface area contributed by atoms with Gasteiger partial charge in [0.1, 0.15) is 12.4 Å². The highest BCUT2D eigenvalue weighted by atomic mass is 127. The first-order chi connectivity index (χ1) is 9.79. The molecule has 0 spiro atoms. The second-order valence-corrected chi connectivity index (χ2v) is 6.69. The average molecular weight is 439 g/mol. The molecule has 1 aromatic rings. The molecule has 3 N–H and O–H groups in total. The lowest BCUT2D eigenvalue weighted by molar-refractivity contribution is 0.322. The van der Waals surface area contributed by atoms with E-state index in [-0.39, 0.29) is 28.9 Å². The molecule has 0 saturated carbocycles. The minimum absolute atomic E-state index is 0. The molecule has 0 aliphatic heterocycles. The Morgan fingerprint density at radius 3 is 2.45 bits per heavy atom. The van der Waals surface area contributed by atoms with Crippen molar-refractivity contribution < 1.29 is 13.2 Å². The topological polar surface area (TPSA) is 93.8 Å². The van der Waals surface area contributed by atoms with Crippen LogP contribution < -0.4 is 15.8 Å². The Hall–Kier alpha value is -1.29. The zero-order chi connectivity index (χ0) is 15.9. The van der Waals surface area contributed by atoms with E-state index in [1.165, 1.54) is 18.4 Å². The van der Waals surface area contributed by atoms with Crippen LogP contribution in [-0.4, -0.2) is 40.3 Å². The summed E-state index contributed by atoms with van der Waals surface area (Å²) in [6.07, 6.45) is 1.17. The van der Waals surface area contributed by atoms with Gasteiger partial charge in [-0.25, -0.2) is 13.4 Å². The maximum atomic E-state index is 11.3. The first-order valence-electron chi connectivity index (χ1n) is 6.40. The lowest BCUT2D eigenvalue weighted by atomic mass is 10.3. The molecule has 0 saturated heterocycles. The maximum Gasteiger partial charge on any atom is 0.189 e. The van der Waals surface area contributed by atoms with Gasteiger partial charge in [0.25, 0.3) is 0 Å². The molecular weight excluding hydrogens is 417 g/mol. The highest BCUT2D eigenvalue weighted by molar-refractivity contribution is 14.0. The van der Waals surface area contributed by atoms with Gasteiger partial charge in [-0.3, -0.25) is 0 Å². The zero-order valence-electron chi connectivity index (χ0n) is 12.7. The molecular formula is C14H22IN3O3S. The monoisotopic (exact) mass is 439 g/mol. The molecule has 6 nitrogen and oxygen atoms in total. The second-order valence-electron chi connectivity index (χ2n) is 4.68. The van der Waals surface area contributed by atoms with E-state index in [0.717, 1.165) is 5.57 Å². The number of nitrogens with one attached hydrogen (secondary N) is 1. The van der Waals surface area contributed by atoms with Gasteiger partial charge in [-0.05, 0) is 31.2 Å². The number of ether oxygens (including phenoxy) is 1. The summed E-state index contributed by atoms with van der Waals surface area (Å²) in [6, 6.07) is 6.27. The third-order valence-corrected chi connectivity index (χ3v) is 3.58. The third kappa shape index (κ3) is 8.23. The van der Waals surface area contributed by atoms with Gasteiger partial charge in [-0.15, -0.1) is 24.0 Å². The summed E-state index contributed by atoms with van der Waals surface area (Å²) >= 11 is 0. The maximum absolute atomic E-state index is 11.3. The van der Waals surface area contributed by atoms with Gasteiger partial charge in [-0.2, -0.15) is 0 Å². The molecule has 0 aromatic heterocycles. The molecule has 0 aliphatic rings. The molecule has 22 heavy (non-hydrogen) atoms. The van der Waals surface area contributed by atoms with Crippen LogP contribution in [-0.2, 0) is 9.84 Å². The van der Waals surface area contributed by atoms with E-state index < -0.39 is 9.84 Å². The van der Waals surface area contributed by atoms with Crippen molar-refractivity contribution in [1.29, 1.82) is 0 Å². The summed E-state index contributed by atoms with van der Waals surface area (Å²) in [5.41, 5.74) is 6.58. The number of hydrogen-bond acceptors (Lipinski definition) is 4. The van der Waals surface area contributed by atoms with Crippen molar-refractivity contribution in [2.75, 3.05) is 26.0 Å². The molecule has 0 aliphatic carbocycles.